The summed E-state index contributed by atoms with van der Waals surface area (Å²) in [6, 6.07) is 81.6. The van der Waals surface area contributed by atoms with Gasteiger partial charge in [0.1, 0.15) is 0 Å². The molecular formula is C68H48N2S4. The highest BCUT2D eigenvalue weighted by Crippen LogP contribution is 2.55. The van der Waals surface area contributed by atoms with Gasteiger partial charge < -0.3 is 9.80 Å². The summed E-state index contributed by atoms with van der Waals surface area (Å²) in [6.45, 7) is 8.98. The molecule has 0 saturated heterocycles. The molecule has 0 atom stereocenters. The lowest BCUT2D eigenvalue weighted by atomic mass is 9.91. The van der Waals surface area contributed by atoms with Crippen molar-refractivity contribution in [1.82, 2.24) is 0 Å². The Morgan fingerprint density at radius 1 is 0.284 bits per heavy atom. The summed E-state index contributed by atoms with van der Waals surface area (Å²) in [5.74, 6) is 0. The summed E-state index contributed by atoms with van der Waals surface area (Å²) < 4.78 is 0. The molecule has 0 N–H and O–H groups in total. The molecule has 0 aliphatic carbocycles. The predicted octanol–water partition coefficient (Wildman–Crippen LogP) is 21.3. The number of aryl methyl sites for hydroxylation is 4. The van der Waals surface area contributed by atoms with Gasteiger partial charge in [0.2, 0.25) is 0 Å². The molecule has 354 valence electrons. The predicted molar refractivity (Wildman–Crippen MR) is 319 cm³/mol. The fraction of sp³-hybridized carbons (Fsp3) is 0.0588. The monoisotopic (exact) mass is 1020 g/mol. The third kappa shape index (κ3) is 7.53. The maximum Gasteiger partial charge on any atom is 0.0540 e. The highest BCUT2D eigenvalue weighted by Gasteiger charge is 2.27. The lowest BCUT2D eigenvalue weighted by Crippen LogP contribution is -2.14. The van der Waals surface area contributed by atoms with Crippen molar-refractivity contribution < 1.29 is 0 Å². The van der Waals surface area contributed by atoms with Crippen LogP contribution in [0.4, 0.5) is 34.1 Å². The van der Waals surface area contributed by atoms with Crippen molar-refractivity contribution in [3.05, 3.63) is 241 Å². The lowest BCUT2D eigenvalue weighted by Gasteiger charge is -2.32. The molecule has 0 fully saturated rings. The standard InChI is InChI=1S/C68H48N2S4/c1-41-13-9-14-42(2)65(41)69(49-33-25-45(26-34-49)51-17-11-23-61-67(51)73-59-21-7-5-19-57(59)71-61)55-39-31-47-30-38-54-56(40-32-48-29-37-53(55)63(47)64(48)54)70(66-43(3)15-10-16-44(66)4)50-35-27-46(28-36-50)52-18-12-24-62-68(52)74-60-22-8-6-20-58(60)72-62/h5-40H,1-4H3. The van der Waals surface area contributed by atoms with Gasteiger partial charge in [-0.15, -0.1) is 0 Å². The largest absolute Gasteiger partial charge is 0.309 e. The normalized spacial score (nSPS) is 12.6. The van der Waals surface area contributed by atoms with Gasteiger partial charge in [-0.25, -0.2) is 0 Å². The van der Waals surface area contributed by atoms with E-state index >= 15 is 0 Å². The van der Waals surface area contributed by atoms with Crippen LogP contribution in [0.2, 0.25) is 0 Å². The van der Waals surface area contributed by atoms with Gasteiger partial charge in [0.15, 0.2) is 0 Å². The molecule has 0 unspecified atom stereocenters. The topological polar surface area (TPSA) is 6.48 Å². The first-order chi connectivity index (χ1) is 36.3. The molecule has 0 spiro atoms. The number of rotatable bonds is 8. The van der Waals surface area contributed by atoms with Crippen LogP contribution in [0.3, 0.4) is 0 Å². The van der Waals surface area contributed by atoms with Crippen LogP contribution in [-0.2, 0) is 0 Å². The number of hydrogen-bond acceptors (Lipinski definition) is 6. The minimum Gasteiger partial charge on any atom is -0.309 e. The lowest BCUT2D eigenvalue weighted by molar-refractivity contribution is 1.16. The van der Waals surface area contributed by atoms with Crippen LogP contribution >= 0.6 is 47.0 Å². The van der Waals surface area contributed by atoms with Gasteiger partial charge in [0.25, 0.3) is 0 Å². The molecule has 2 nitrogen and oxygen atoms in total. The molecule has 12 aromatic carbocycles. The van der Waals surface area contributed by atoms with Crippen LogP contribution < -0.4 is 9.80 Å². The Labute approximate surface area is 449 Å². The Balaban J connectivity index is 0.905. The van der Waals surface area contributed by atoms with Crippen LogP contribution in [0.15, 0.2) is 258 Å². The van der Waals surface area contributed by atoms with E-state index in [2.05, 4.69) is 256 Å². The third-order valence-electron chi connectivity index (χ3n) is 14.8. The first-order valence-electron chi connectivity index (χ1n) is 25.1. The van der Waals surface area contributed by atoms with E-state index in [4.69, 9.17) is 0 Å². The zero-order chi connectivity index (χ0) is 49.6. The molecule has 2 aliphatic heterocycles. The maximum absolute atomic E-state index is 2.51. The Morgan fingerprint density at radius 3 is 1.01 bits per heavy atom. The molecule has 0 saturated carbocycles. The van der Waals surface area contributed by atoms with E-state index in [1.165, 1.54) is 127 Å². The number of para-hydroxylation sites is 2. The van der Waals surface area contributed by atoms with Crippen LogP contribution in [0.25, 0.3) is 54.6 Å². The number of anilines is 6. The molecule has 0 radical (unpaired) electrons. The first kappa shape index (κ1) is 45.3. The molecule has 0 aromatic heterocycles. The summed E-state index contributed by atoms with van der Waals surface area (Å²) in [5.41, 5.74) is 16.9. The second-order valence-electron chi connectivity index (χ2n) is 19.4. The van der Waals surface area contributed by atoms with Crippen molar-refractivity contribution in [1.29, 1.82) is 0 Å². The average molecular weight is 1020 g/mol. The minimum atomic E-state index is 1.13. The summed E-state index contributed by atoms with van der Waals surface area (Å²) >= 11 is 7.51. The molecule has 12 aromatic rings. The number of benzene rings is 12. The van der Waals surface area contributed by atoms with E-state index in [9.17, 15) is 0 Å². The van der Waals surface area contributed by atoms with Gasteiger partial charge in [-0.3, -0.25) is 0 Å². The Morgan fingerprint density at radius 2 is 0.622 bits per heavy atom. The van der Waals surface area contributed by atoms with E-state index in [-0.39, 0.29) is 0 Å². The van der Waals surface area contributed by atoms with Crippen molar-refractivity contribution >= 4 is 113 Å². The third-order valence-corrected chi connectivity index (χ3v) is 20.0. The fourth-order valence-electron chi connectivity index (χ4n) is 11.4. The summed E-state index contributed by atoms with van der Waals surface area (Å²) in [7, 11) is 0. The van der Waals surface area contributed by atoms with Crippen LogP contribution in [0.1, 0.15) is 22.3 Å². The van der Waals surface area contributed by atoms with Gasteiger partial charge in [-0.2, -0.15) is 0 Å². The molecule has 2 aliphatic rings. The maximum atomic E-state index is 2.51. The number of nitrogens with zero attached hydrogens (tertiary/aromatic N) is 2. The fourth-order valence-corrected chi connectivity index (χ4v) is 16.2. The van der Waals surface area contributed by atoms with Crippen LogP contribution in [-0.4, -0.2) is 0 Å². The van der Waals surface area contributed by atoms with Crippen LogP contribution in [0.5, 0.6) is 0 Å². The Kier molecular flexibility index (Phi) is 11.2. The average Bonchev–Trinajstić information content (AvgIpc) is 3.48. The van der Waals surface area contributed by atoms with Crippen molar-refractivity contribution in [3.8, 4) is 22.3 Å². The summed E-state index contributed by atoms with van der Waals surface area (Å²) in [4.78, 5) is 15.6. The van der Waals surface area contributed by atoms with Crippen LogP contribution in [0, 0.1) is 27.7 Å². The van der Waals surface area contributed by atoms with E-state index in [0.29, 0.717) is 0 Å². The summed E-state index contributed by atoms with van der Waals surface area (Å²) in [5, 5.41) is 7.47. The number of hydrogen-bond donors (Lipinski definition) is 0. The van der Waals surface area contributed by atoms with E-state index in [1.54, 1.807) is 0 Å². The van der Waals surface area contributed by atoms with Gasteiger partial charge >= 0.3 is 0 Å². The molecule has 0 bridgehead atoms. The van der Waals surface area contributed by atoms with E-state index < -0.39 is 0 Å². The van der Waals surface area contributed by atoms with E-state index in [0.717, 1.165) is 22.7 Å². The molecule has 74 heavy (non-hydrogen) atoms. The van der Waals surface area contributed by atoms with Gasteiger partial charge in [0, 0.05) is 61.3 Å². The highest BCUT2D eigenvalue weighted by atomic mass is 32.2. The quantitative estimate of drug-likeness (QED) is 0.139. The highest BCUT2D eigenvalue weighted by molar-refractivity contribution is 8.05. The van der Waals surface area contributed by atoms with Crippen molar-refractivity contribution in [2.45, 2.75) is 66.9 Å². The minimum absolute atomic E-state index is 1.13. The second-order valence-corrected chi connectivity index (χ2v) is 23.7. The second kappa shape index (κ2) is 18.3. The van der Waals surface area contributed by atoms with Crippen molar-refractivity contribution in [2.24, 2.45) is 0 Å². The smallest absolute Gasteiger partial charge is 0.0540 e. The molecule has 2 heterocycles. The molecular weight excluding hydrogens is 973 g/mol. The van der Waals surface area contributed by atoms with Gasteiger partial charge in [-0.05, 0) is 167 Å². The molecule has 14 rings (SSSR count). The number of fused-ring (bicyclic) bond motifs is 4. The van der Waals surface area contributed by atoms with Gasteiger partial charge in [-0.1, -0.05) is 193 Å². The van der Waals surface area contributed by atoms with Crippen molar-refractivity contribution in [2.75, 3.05) is 9.80 Å². The molecule has 0 amide bonds. The summed E-state index contributed by atoms with van der Waals surface area (Å²) in [6.07, 6.45) is 0. The van der Waals surface area contributed by atoms with E-state index in [1.807, 2.05) is 47.0 Å². The first-order valence-corrected chi connectivity index (χ1v) is 28.4. The van der Waals surface area contributed by atoms with Gasteiger partial charge in [0.05, 0.1) is 22.7 Å². The SMILES string of the molecule is Cc1cccc(C)c1N(c1ccc(-c2cccc3c2Sc2ccccc2S3)cc1)c1ccc2ccc3c(N(c4ccc(-c5cccc6c5Sc5ccccc5S6)cc4)c4c(C)cccc4C)ccc4ccc1c2c43. The molecule has 6 heteroatoms. The Bertz CT molecular complexity index is 3890. The van der Waals surface area contributed by atoms with Crippen molar-refractivity contribution in [3.63, 3.8) is 0 Å². The zero-order valence-corrected chi connectivity index (χ0v) is 44.6. The zero-order valence-electron chi connectivity index (χ0n) is 41.3. The Hall–Kier alpha value is -7.32.